The molecule has 0 radical (unpaired) electrons. The zero-order valence-corrected chi connectivity index (χ0v) is 36.2. The van der Waals surface area contributed by atoms with Gasteiger partial charge in [0, 0.05) is 70.1 Å². The monoisotopic (exact) mass is 745 g/mol. The summed E-state index contributed by atoms with van der Waals surface area (Å²) in [5, 5.41) is 17.0. The number of hydrogen-bond donors (Lipinski definition) is 7. The Morgan fingerprint density at radius 3 is 1.13 bits per heavy atom. The lowest BCUT2D eigenvalue weighted by molar-refractivity contribution is -0.137. The lowest BCUT2D eigenvalue weighted by Crippen LogP contribution is -2.43. The van der Waals surface area contributed by atoms with E-state index in [2.05, 4.69) is 89.2 Å². The second-order valence-corrected chi connectivity index (χ2v) is 16.1. The van der Waals surface area contributed by atoms with Crippen LogP contribution in [0.5, 0.6) is 0 Å². The number of nitrogens with two attached hydrogens (primary N) is 6. The van der Waals surface area contributed by atoms with Gasteiger partial charge < -0.3 is 49.7 Å². The quantitative estimate of drug-likeness (QED) is 0.0436. The summed E-state index contributed by atoms with van der Waals surface area (Å²) in [6, 6.07) is 2.33. The molecule has 0 aliphatic heterocycles. The van der Waals surface area contributed by atoms with Gasteiger partial charge in [-0.15, -0.1) is 0 Å². The van der Waals surface area contributed by atoms with Crippen molar-refractivity contribution < 1.29 is 10.3 Å². The van der Waals surface area contributed by atoms with E-state index in [0.717, 1.165) is 58.3 Å². The molecule has 0 heterocycles. The molecule has 0 saturated carbocycles. The third kappa shape index (κ3) is 34.0. The normalized spacial score (nSPS) is 12.5. The fraction of sp³-hybridized carbons (Fsp3) is 0.925. The predicted octanol–water partition coefficient (Wildman–Crippen LogP) is 4.63. The molecule has 0 aromatic rings. The highest BCUT2D eigenvalue weighted by Crippen LogP contribution is 2.24. The summed E-state index contributed by atoms with van der Waals surface area (Å²) in [7, 11) is 0. The molecule has 0 fully saturated rings. The maximum absolute atomic E-state index is 12.4. The van der Waals surface area contributed by atoms with Gasteiger partial charge in [-0.2, -0.15) is 5.26 Å². The molecular weight excluding hydrogens is 653 g/mol. The summed E-state index contributed by atoms with van der Waals surface area (Å²) in [4.78, 5) is 16.3. The summed E-state index contributed by atoms with van der Waals surface area (Å²) < 4.78 is 0. The Kier molecular flexibility index (Phi) is 44.4. The van der Waals surface area contributed by atoms with Crippen molar-refractivity contribution in [2.75, 3.05) is 65.4 Å². The first kappa shape index (κ1) is 59.4. The van der Waals surface area contributed by atoms with Crippen LogP contribution in [-0.2, 0) is 4.79 Å². The van der Waals surface area contributed by atoms with E-state index in [0.29, 0.717) is 86.5 Å². The minimum absolute atomic E-state index is 0. The highest BCUT2D eigenvalue weighted by Gasteiger charge is 2.27. The standard InChI is InChI=1S/C13H30N4.C13H29N3O.C9H17N.C5H14N2.H2O/c1-10(2)9-12(11(3)4)13(16)17(7-5-14)8-6-15;1-10(2)9-12(11(3)4)13(17)16(7-5-14)8-6-15;1-7(2)5-9(6-10)8(3)4;6-4-2-1-3-5-7;/h10-12,16H,5-9,14-15H2,1-4H3;10-12H,5-9,14-15H2,1-4H3;7-9H,5H2,1-4H3;1-7H2;1H2. The first-order valence-electron chi connectivity index (χ1n) is 20.1. The molecular formula is C40H92N10O2. The average molecular weight is 745 g/mol. The van der Waals surface area contributed by atoms with Crippen LogP contribution in [0.4, 0.5) is 0 Å². The van der Waals surface area contributed by atoms with Gasteiger partial charge in [-0.05, 0) is 80.7 Å². The Balaban J connectivity index is -0.000000198. The Morgan fingerprint density at radius 2 is 0.885 bits per heavy atom. The third-order valence-corrected chi connectivity index (χ3v) is 8.58. The van der Waals surface area contributed by atoms with Gasteiger partial charge in [0.15, 0.2) is 0 Å². The van der Waals surface area contributed by atoms with Crippen molar-refractivity contribution >= 4 is 11.7 Å². The molecule has 15 N–H and O–H groups in total. The van der Waals surface area contributed by atoms with E-state index in [4.69, 9.17) is 45.1 Å². The van der Waals surface area contributed by atoms with Gasteiger partial charge in [0.2, 0.25) is 5.91 Å². The van der Waals surface area contributed by atoms with Gasteiger partial charge in [-0.25, -0.2) is 0 Å². The van der Waals surface area contributed by atoms with E-state index in [-0.39, 0.29) is 23.2 Å². The molecule has 3 atom stereocenters. The third-order valence-electron chi connectivity index (χ3n) is 8.58. The molecule has 1 amide bonds. The average Bonchev–Trinajstić information content (AvgIpc) is 3.04. The van der Waals surface area contributed by atoms with Crippen molar-refractivity contribution in [1.82, 2.24) is 9.80 Å². The Morgan fingerprint density at radius 1 is 0.538 bits per heavy atom. The minimum atomic E-state index is 0. The number of nitrogens with one attached hydrogen (secondary N) is 1. The number of hydrogen-bond acceptors (Lipinski definition) is 9. The van der Waals surface area contributed by atoms with E-state index in [1.165, 1.54) is 6.42 Å². The lowest BCUT2D eigenvalue weighted by atomic mass is 9.86. The molecule has 0 aromatic carbocycles. The first-order chi connectivity index (χ1) is 23.9. The first-order valence-corrected chi connectivity index (χ1v) is 20.1. The summed E-state index contributed by atoms with van der Waals surface area (Å²) >= 11 is 0. The highest BCUT2D eigenvalue weighted by molar-refractivity contribution is 5.82. The molecule has 314 valence electrons. The van der Waals surface area contributed by atoms with Crippen LogP contribution < -0.4 is 34.4 Å². The Labute approximate surface area is 322 Å². The SMILES string of the molecule is CC(C)CC(C#N)C(C)C.CC(C)CC(C(=N)N(CCN)CCN)C(C)C.CC(C)CC(C(=O)N(CCN)CCN)C(C)C.NCCCCCN.O. The fourth-order valence-electron chi connectivity index (χ4n) is 5.60. The van der Waals surface area contributed by atoms with Crippen LogP contribution in [-0.4, -0.2) is 92.5 Å². The van der Waals surface area contributed by atoms with Gasteiger partial charge >= 0.3 is 0 Å². The summed E-state index contributed by atoms with van der Waals surface area (Å²) in [6.45, 7) is 32.3. The maximum atomic E-state index is 12.4. The van der Waals surface area contributed by atoms with Crippen molar-refractivity contribution in [3.63, 3.8) is 0 Å². The zero-order valence-electron chi connectivity index (χ0n) is 36.2. The number of carbonyl (C=O) groups is 1. The van der Waals surface area contributed by atoms with E-state index < -0.39 is 0 Å². The fourth-order valence-corrected chi connectivity index (χ4v) is 5.60. The second kappa shape index (κ2) is 38.9. The Hall–Kier alpha value is -1.85. The molecule has 52 heavy (non-hydrogen) atoms. The van der Waals surface area contributed by atoms with E-state index in [1.54, 1.807) is 0 Å². The van der Waals surface area contributed by atoms with Gasteiger partial charge in [-0.1, -0.05) is 89.5 Å². The van der Waals surface area contributed by atoms with Gasteiger partial charge in [0.25, 0.3) is 0 Å². The van der Waals surface area contributed by atoms with E-state index in [9.17, 15) is 4.79 Å². The second-order valence-electron chi connectivity index (χ2n) is 16.1. The number of carbonyl (C=O) groups excluding carboxylic acids is 1. The summed E-state index contributed by atoms with van der Waals surface area (Å²) in [6.07, 6.45) is 6.46. The molecule has 0 bridgehead atoms. The molecule has 0 aromatic heterocycles. The van der Waals surface area contributed by atoms with Crippen LogP contribution in [0.1, 0.15) is 122 Å². The molecule has 0 spiro atoms. The highest BCUT2D eigenvalue weighted by atomic mass is 16.2. The van der Waals surface area contributed by atoms with Gasteiger partial charge in [0.1, 0.15) is 0 Å². The number of unbranched alkanes of at least 4 members (excludes halogenated alkanes) is 2. The van der Waals surface area contributed by atoms with Gasteiger partial charge in [-0.3, -0.25) is 10.2 Å². The summed E-state index contributed by atoms with van der Waals surface area (Å²) in [5.74, 6) is 4.73. The molecule has 12 nitrogen and oxygen atoms in total. The Bertz CT molecular complexity index is 770. The van der Waals surface area contributed by atoms with Crippen molar-refractivity contribution in [2.45, 2.75) is 122 Å². The molecule has 12 heteroatoms. The van der Waals surface area contributed by atoms with Crippen LogP contribution in [0.25, 0.3) is 0 Å². The number of nitriles is 1. The number of nitrogens with zero attached hydrogens (tertiary/aromatic N) is 3. The van der Waals surface area contributed by atoms with Crippen molar-refractivity contribution in [2.24, 2.45) is 87.7 Å². The molecule has 3 unspecified atom stereocenters. The summed E-state index contributed by atoms with van der Waals surface area (Å²) in [5.41, 5.74) is 32.7. The predicted molar refractivity (Wildman–Crippen MR) is 227 cm³/mol. The number of rotatable bonds is 23. The molecule has 0 rings (SSSR count). The van der Waals surface area contributed by atoms with Crippen LogP contribution in [0, 0.1) is 70.0 Å². The number of amides is 1. The van der Waals surface area contributed by atoms with Crippen LogP contribution in [0.2, 0.25) is 0 Å². The smallest absolute Gasteiger partial charge is 0.226 e. The number of amidine groups is 1. The van der Waals surface area contributed by atoms with E-state index in [1.807, 2.05) is 9.80 Å². The van der Waals surface area contributed by atoms with Crippen LogP contribution in [0.3, 0.4) is 0 Å². The van der Waals surface area contributed by atoms with Crippen molar-refractivity contribution in [1.29, 1.82) is 10.7 Å². The van der Waals surface area contributed by atoms with Crippen LogP contribution >= 0.6 is 0 Å². The molecule has 0 aliphatic rings. The van der Waals surface area contributed by atoms with Gasteiger partial charge in [0.05, 0.1) is 11.9 Å². The van der Waals surface area contributed by atoms with E-state index >= 15 is 0 Å². The largest absolute Gasteiger partial charge is 0.412 e. The molecule has 0 saturated heterocycles. The van der Waals surface area contributed by atoms with Crippen molar-refractivity contribution in [3.05, 3.63) is 0 Å². The zero-order chi connectivity index (χ0) is 40.5. The topological polar surface area (TPSA) is 259 Å². The maximum Gasteiger partial charge on any atom is 0.226 e. The van der Waals surface area contributed by atoms with Crippen LogP contribution in [0.15, 0.2) is 0 Å². The molecule has 0 aliphatic carbocycles. The minimum Gasteiger partial charge on any atom is -0.412 e. The van der Waals surface area contributed by atoms with Crippen molar-refractivity contribution in [3.8, 4) is 6.07 Å². The lowest BCUT2D eigenvalue weighted by Gasteiger charge is -2.32.